The summed E-state index contributed by atoms with van der Waals surface area (Å²) >= 11 is 0. The molecule has 0 bridgehead atoms. The van der Waals surface area contributed by atoms with Crippen molar-refractivity contribution in [2.45, 2.75) is 0 Å². The van der Waals surface area contributed by atoms with Gasteiger partial charge in [0, 0.05) is 5.56 Å². The summed E-state index contributed by atoms with van der Waals surface area (Å²) < 4.78 is 4.68. The summed E-state index contributed by atoms with van der Waals surface area (Å²) in [6.07, 6.45) is 1.58. The van der Waals surface area contributed by atoms with Crippen LogP contribution < -0.4 is 56.0 Å². The van der Waals surface area contributed by atoms with Gasteiger partial charge in [0.15, 0.2) is 0 Å². The maximum atomic E-state index is 8.52. The first-order chi connectivity index (χ1) is 5.74. The Hall–Kier alpha value is 0.381. The van der Waals surface area contributed by atoms with E-state index in [0.29, 0.717) is 5.75 Å². The quantitative estimate of drug-likeness (QED) is 0.549. The number of hydrogen-bond donors (Lipinski definition) is 2. The number of rotatable bonds is 3. The third-order valence-electron chi connectivity index (χ3n) is 1.37. The molecule has 0 aliphatic heterocycles. The van der Waals surface area contributed by atoms with E-state index in [9.17, 15) is 0 Å². The summed E-state index contributed by atoms with van der Waals surface area (Å²) in [6, 6.07) is 6.96. The number of hydrogen-bond acceptors (Lipinski definition) is 3. The summed E-state index contributed by atoms with van der Waals surface area (Å²) in [7, 11) is -1.79. The van der Waals surface area contributed by atoms with Gasteiger partial charge in [0.05, 0.1) is 0 Å². The van der Waals surface area contributed by atoms with Crippen LogP contribution in [0.15, 0.2) is 30.8 Å². The first kappa shape index (κ1) is 13.4. The molecule has 1 aromatic carbocycles. The number of para-hydroxylation sites is 1. The maximum absolute atomic E-state index is 8.52. The standard InChI is InChI=1S/C8H9BO3.K.H/c1-2-7-5-3-4-6-8(7)12-9(10)11;;/h2-6,10-11H,1H2;;/q;+1;-1. The second-order valence-electron chi connectivity index (χ2n) is 2.19. The zero-order valence-electron chi connectivity index (χ0n) is 8.47. The number of benzene rings is 1. The van der Waals surface area contributed by atoms with Gasteiger partial charge in [0.2, 0.25) is 0 Å². The van der Waals surface area contributed by atoms with Gasteiger partial charge in [0.1, 0.15) is 5.75 Å². The molecule has 2 N–H and O–H groups in total. The molecule has 0 aromatic heterocycles. The van der Waals surface area contributed by atoms with Crippen LogP contribution in [-0.4, -0.2) is 17.4 Å². The first-order valence-corrected chi connectivity index (χ1v) is 3.48. The third kappa shape index (κ3) is 4.42. The van der Waals surface area contributed by atoms with Gasteiger partial charge in [-0.1, -0.05) is 30.9 Å². The molecule has 1 rings (SSSR count). The summed E-state index contributed by atoms with van der Waals surface area (Å²) in [5, 5.41) is 17.0. The summed E-state index contributed by atoms with van der Waals surface area (Å²) in [6.45, 7) is 3.56. The zero-order valence-corrected chi connectivity index (χ0v) is 10.6. The molecule has 0 saturated carbocycles. The average molecular weight is 204 g/mol. The minimum atomic E-state index is -1.79. The van der Waals surface area contributed by atoms with Crippen LogP contribution in [0.25, 0.3) is 6.08 Å². The van der Waals surface area contributed by atoms with Gasteiger partial charge in [-0.3, -0.25) is 0 Å². The molecule has 0 unspecified atom stereocenters. The van der Waals surface area contributed by atoms with Crippen molar-refractivity contribution in [1.29, 1.82) is 0 Å². The minimum absolute atomic E-state index is 0. The molecule has 0 heterocycles. The summed E-state index contributed by atoms with van der Waals surface area (Å²) in [5.74, 6) is 0.405. The predicted molar refractivity (Wildman–Crippen MR) is 48.5 cm³/mol. The second kappa shape index (κ2) is 6.78. The van der Waals surface area contributed by atoms with Crippen molar-refractivity contribution in [1.82, 2.24) is 0 Å². The molecule has 64 valence electrons. The average Bonchev–Trinajstić information content (AvgIpc) is 2.04. The van der Waals surface area contributed by atoms with Crippen LogP contribution in [0.3, 0.4) is 0 Å². The van der Waals surface area contributed by atoms with Crippen LogP contribution in [0.5, 0.6) is 5.75 Å². The molecular formula is C8H10BKO3. The normalized spacial score (nSPS) is 8.46. The van der Waals surface area contributed by atoms with E-state index in [1.165, 1.54) is 0 Å². The molecule has 5 heteroatoms. The molecule has 0 fully saturated rings. The van der Waals surface area contributed by atoms with Crippen LogP contribution in [-0.2, 0) is 0 Å². The Labute approximate surface area is 122 Å². The van der Waals surface area contributed by atoms with Gasteiger partial charge < -0.3 is 16.1 Å². The molecule has 0 aliphatic rings. The monoisotopic (exact) mass is 204 g/mol. The summed E-state index contributed by atoms with van der Waals surface area (Å²) in [4.78, 5) is 0. The fourth-order valence-electron chi connectivity index (χ4n) is 0.870. The van der Waals surface area contributed by atoms with E-state index in [2.05, 4.69) is 11.2 Å². The first-order valence-electron chi connectivity index (χ1n) is 3.48. The third-order valence-corrected chi connectivity index (χ3v) is 1.37. The van der Waals surface area contributed by atoms with Crippen LogP contribution in [0.4, 0.5) is 0 Å². The van der Waals surface area contributed by atoms with Gasteiger partial charge >= 0.3 is 58.7 Å². The molecule has 13 heavy (non-hydrogen) atoms. The molecule has 0 amide bonds. The van der Waals surface area contributed by atoms with Crippen LogP contribution in [0, 0.1) is 0 Å². The summed E-state index contributed by atoms with van der Waals surface area (Å²) in [5.41, 5.74) is 0.727. The topological polar surface area (TPSA) is 49.7 Å². The second-order valence-corrected chi connectivity index (χ2v) is 2.19. The van der Waals surface area contributed by atoms with E-state index in [4.69, 9.17) is 10.0 Å². The van der Waals surface area contributed by atoms with Crippen molar-refractivity contribution in [3.05, 3.63) is 36.4 Å². The Kier molecular flexibility index (Phi) is 6.98. The zero-order chi connectivity index (χ0) is 8.97. The SMILES string of the molecule is C=Cc1ccccc1OB(O)O.[H-].[K+]. The minimum Gasteiger partial charge on any atom is -1.00 e. The van der Waals surface area contributed by atoms with E-state index in [0.717, 1.165) is 5.56 Å². The van der Waals surface area contributed by atoms with Crippen molar-refractivity contribution in [3.63, 3.8) is 0 Å². The van der Waals surface area contributed by atoms with Crippen molar-refractivity contribution in [3.8, 4) is 5.75 Å². The Bertz CT molecular complexity index is 283. The molecule has 3 nitrogen and oxygen atoms in total. The van der Waals surface area contributed by atoms with Gasteiger partial charge in [-0.25, -0.2) is 0 Å². The molecule has 0 saturated heterocycles. The molecule has 0 spiro atoms. The fourth-order valence-corrected chi connectivity index (χ4v) is 0.870. The van der Waals surface area contributed by atoms with E-state index < -0.39 is 7.32 Å². The molecule has 0 radical (unpaired) electrons. The van der Waals surface area contributed by atoms with Crippen molar-refractivity contribution in [2.24, 2.45) is 0 Å². The van der Waals surface area contributed by atoms with Crippen LogP contribution in [0.1, 0.15) is 6.99 Å². The van der Waals surface area contributed by atoms with Crippen molar-refractivity contribution < 1.29 is 67.5 Å². The molecule has 0 atom stereocenters. The van der Waals surface area contributed by atoms with Gasteiger partial charge in [0.25, 0.3) is 0 Å². The van der Waals surface area contributed by atoms with E-state index >= 15 is 0 Å². The Morgan fingerprint density at radius 3 is 2.54 bits per heavy atom. The van der Waals surface area contributed by atoms with Crippen molar-refractivity contribution in [2.75, 3.05) is 0 Å². The van der Waals surface area contributed by atoms with E-state index in [1.54, 1.807) is 24.3 Å². The van der Waals surface area contributed by atoms with Gasteiger partial charge in [-0.2, -0.15) is 0 Å². The predicted octanol–water partition coefficient (Wildman–Crippen LogP) is -2.21. The Morgan fingerprint density at radius 1 is 1.38 bits per heavy atom. The van der Waals surface area contributed by atoms with Gasteiger partial charge in [-0.05, 0) is 6.07 Å². The van der Waals surface area contributed by atoms with E-state index in [-0.39, 0.29) is 52.8 Å². The molecule has 0 aliphatic carbocycles. The maximum Gasteiger partial charge on any atom is 1.00 e. The Morgan fingerprint density at radius 2 is 2.00 bits per heavy atom. The largest absolute Gasteiger partial charge is 1.00 e. The molecule has 1 aromatic rings. The van der Waals surface area contributed by atoms with Gasteiger partial charge in [-0.15, -0.1) is 0 Å². The van der Waals surface area contributed by atoms with Crippen LogP contribution >= 0.6 is 0 Å². The van der Waals surface area contributed by atoms with Crippen molar-refractivity contribution >= 4 is 13.4 Å². The smallest absolute Gasteiger partial charge is 1.00 e. The van der Waals surface area contributed by atoms with E-state index in [1.807, 2.05) is 6.07 Å². The molecular weight excluding hydrogens is 194 g/mol. The Balaban J connectivity index is 0. The fraction of sp³-hybridized carbons (Fsp3) is 0. The van der Waals surface area contributed by atoms with Crippen LogP contribution in [0.2, 0.25) is 0 Å².